The van der Waals surface area contributed by atoms with Crippen LogP contribution in [-0.2, 0) is 23.8 Å². The van der Waals surface area contributed by atoms with Gasteiger partial charge in [0.15, 0.2) is 12.2 Å². The molecule has 0 bridgehead atoms. The van der Waals surface area contributed by atoms with Crippen LogP contribution in [0.25, 0.3) is 33.3 Å². The van der Waals surface area contributed by atoms with Gasteiger partial charge in [-0.3, -0.25) is 0 Å². The van der Waals surface area contributed by atoms with Gasteiger partial charge < -0.3 is 15.4 Å². The van der Waals surface area contributed by atoms with Gasteiger partial charge in [0.25, 0.3) is 0 Å². The minimum Gasteiger partial charge on any atom is -0.574 e. The Morgan fingerprint density at radius 3 is 1.27 bits per heavy atom. The predicted octanol–water partition coefficient (Wildman–Crippen LogP) is 21.1. The zero-order valence-corrected chi connectivity index (χ0v) is 65.2. The van der Waals surface area contributed by atoms with Crippen LogP contribution in [0, 0.1) is 124 Å². The summed E-state index contributed by atoms with van der Waals surface area (Å²) in [6, 6.07) is 93.7. The average molecular weight is 1500 g/mol. The van der Waals surface area contributed by atoms with E-state index >= 15 is 0 Å². The van der Waals surface area contributed by atoms with E-state index in [1.54, 1.807) is 0 Å². The second kappa shape index (κ2) is 30.6. The number of hydrogen-bond acceptors (Lipinski definition) is 4. The van der Waals surface area contributed by atoms with Crippen molar-refractivity contribution in [1.29, 1.82) is 0 Å². The molecule has 552 valence electrons. The number of fused-ring (bicyclic) bond motifs is 16. The van der Waals surface area contributed by atoms with Crippen molar-refractivity contribution < 1.29 is 4.58 Å². The molecular formula is C111H78N6. The van der Waals surface area contributed by atoms with E-state index in [2.05, 4.69) is 292 Å². The number of nitrogens with zero attached hydrogens (tertiary/aromatic N) is 6. The largest absolute Gasteiger partial charge is 0.574 e. The van der Waals surface area contributed by atoms with Gasteiger partial charge in [-0.25, -0.2) is 0 Å². The second-order valence-corrected chi connectivity index (χ2v) is 30.2. The number of anilines is 1. The van der Waals surface area contributed by atoms with Gasteiger partial charge in [0.1, 0.15) is 5.54 Å². The molecule has 0 saturated heterocycles. The third kappa shape index (κ3) is 12.9. The normalized spacial score (nSPS) is 14.7. The Balaban J connectivity index is 0.000000167. The molecule has 4 aliphatic heterocycles. The minimum absolute atomic E-state index is 0. The summed E-state index contributed by atoms with van der Waals surface area (Å²) >= 11 is 0. The number of aromatic nitrogens is 2. The molecule has 1 atom stereocenters. The fourth-order valence-electron chi connectivity index (χ4n) is 18.0. The Labute approximate surface area is 687 Å². The van der Waals surface area contributed by atoms with Crippen LogP contribution < -0.4 is 4.90 Å². The molecule has 2 aliphatic carbocycles. The lowest BCUT2D eigenvalue weighted by molar-refractivity contribution is -0.474. The van der Waals surface area contributed by atoms with Crippen LogP contribution in [-0.4, -0.2) is 39.3 Å². The molecule has 0 N–H and O–H groups in total. The number of terminal acetylenes is 4. The maximum atomic E-state index is 5.65. The van der Waals surface area contributed by atoms with Crippen molar-refractivity contribution in [3.05, 3.63) is 440 Å². The summed E-state index contributed by atoms with van der Waals surface area (Å²) in [5, 5.41) is 14.6. The smallest absolute Gasteiger partial charge is 0.220 e. The standard InChI is InChI=1S/2C55H37N3.CH4/c1-6-39-14-18-41(19-15-39)22-24-43-26-30-47-48-31-27-44(25-23-42-20-16-40(7-2)17-21-42)35-51(48)54(50(47)34-43)52-37(4)56-57-38(5)53(52)58-33-32-45-10-8-9-11-49(45)55(54,58)46-28-12-36(3)13-29-46;1-6-39-14-18-41(19-15-39)22-24-43-26-30-48-49-31-27-44(25-23-42-20-16-40(7-2)17-21-42)35-51(49)53(50(48)34-43)52-37(4)56-57-38(5)54(52)58-33-32-45-10-8-9-11-47(45)55(58)46-28-12-36(3)13-29-46;/h2*1-2,8-21,26-31,34-35H,32-33H2,3-5H3;1H4. The van der Waals surface area contributed by atoms with Crippen molar-refractivity contribution in [2.75, 3.05) is 18.0 Å². The van der Waals surface area contributed by atoms with Crippen LogP contribution in [0.15, 0.2) is 289 Å². The first-order valence-electron chi connectivity index (χ1n) is 39.0. The van der Waals surface area contributed by atoms with Crippen LogP contribution in [0.4, 0.5) is 5.69 Å². The lowest BCUT2D eigenvalue weighted by Gasteiger charge is -2.54. The molecule has 0 saturated carbocycles. The van der Waals surface area contributed by atoms with E-state index in [-0.39, 0.29) is 7.43 Å². The summed E-state index contributed by atoms with van der Waals surface area (Å²) in [5.41, 5.74) is 43.5. The van der Waals surface area contributed by atoms with Gasteiger partial charge in [-0.05, 0) is 272 Å². The first kappa shape index (κ1) is 74.4. The third-order valence-electron chi connectivity index (χ3n) is 23.3. The van der Waals surface area contributed by atoms with Crippen LogP contribution in [0.2, 0.25) is 0 Å². The molecule has 13 aromatic rings. The van der Waals surface area contributed by atoms with Gasteiger partial charge in [-0.15, -0.1) is 25.7 Å². The fraction of sp³-hybridized carbons (Fsp3) is 0.117. The Bertz CT molecular complexity index is 6690. The number of aryl methyl sites for hydroxylation is 4. The molecule has 0 radical (unpaired) electrons. The maximum Gasteiger partial charge on any atom is 0.220 e. The summed E-state index contributed by atoms with van der Waals surface area (Å²) in [4.78, 5) is 2.67. The molecule has 6 aliphatic rings. The van der Waals surface area contributed by atoms with Crippen LogP contribution in [0.3, 0.4) is 0 Å². The van der Waals surface area contributed by atoms with Crippen molar-refractivity contribution in [2.45, 2.75) is 72.8 Å². The molecule has 1 spiro atoms. The molecule has 19 rings (SSSR count). The molecule has 1 aromatic heterocycles. The molecule has 12 aromatic carbocycles. The molecule has 6 heteroatoms. The third-order valence-corrected chi connectivity index (χ3v) is 23.3. The van der Waals surface area contributed by atoms with Crippen molar-refractivity contribution >= 4 is 22.7 Å². The highest BCUT2D eigenvalue weighted by Gasteiger charge is 2.70. The van der Waals surface area contributed by atoms with Crippen LogP contribution >= 0.6 is 0 Å². The summed E-state index contributed by atoms with van der Waals surface area (Å²) < 4.78 is 2.48. The van der Waals surface area contributed by atoms with Gasteiger partial charge in [0.2, 0.25) is 5.71 Å². The van der Waals surface area contributed by atoms with E-state index in [9.17, 15) is 0 Å². The first-order valence-corrected chi connectivity index (χ1v) is 39.0. The molecule has 1 unspecified atom stereocenters. The topological polar surface area (TPSA) is 58.5 Å². The fourth-order valence-corrected chi connectivity index (χ4v) is 18.0. The van der Waals surface area contributed by atoms with Gasteiger partial charge in [0.05, 0.1) is 33.6 Å². The van der Waals surface area contributed by atoms with Gasteiger partial charge in [0, 0.05) is 102 Å². The zero-order chi connectivity index (χ0) is 79.3. The monoisotopic (exact) mass is 1490 g/mol. The van der Waals surface area contributed by atoms with E-state index in [1.165, 1.54) is 72.5 Å². The molecule has 6 nitrogen and oxygen atoms in total. The van der Waals surface area contributed by atoms with Gasteiger partial charge >= 0.3 is 0 Å². The second-order valence-electron chi connectivity index (χ2n) is 30.2. The quantitative estimate of drug-likeness (QED) is 0.131. The van der Waals surface area contributed by atoms with Crippen LogP contribution in [0.5, 0.6) is 0 Å². The van der Waals surface area contributed by atoms with Crippen molar-refractivity contribution in [1.82, 2.24) is 10.2 Å². The van der Waals surface area contributed by atoms with E-state index < -0.39 is 11.0 Å². The lowest BCUT2D eigenvalue weighted by atomic mass is 9.55. The van der Waals surface area contributed by atoms with Gasteiger partial charge in [-0.1, -0.05) is 205 Å². The average Bonchev–Trinajstić information content (AvgIpc) is 1.46. The zero-order valence-electron chi connectivity index (χ0n) is 65.2. The highest BCUT2D eigenvalue weighted by molar-refractivity contribution is 6.18. The summed E-state index contributed by atoms with van der Waals surface area (Å²) in [5.74, 6) is 38.3. The SMILES string of the molecule is C.C#Cc1ccc(C#Cc2ccc3c(c2)C(=C2C(C)=N[N-]C(C)=C2[N+]2=C(c4ccc(C)cc4)c4ccccc4CC2)c2cc(C#Cc4ccc(C#C)cc4)ccc2-3)cc1.C#Cc1ccc(C#Cc2ccc3c(c2)C2(c4cc(C#Cc5ccc(C#C)cc5)ccc4-3)c3c(C)nnc(C)c3N3CCc4ccccc4C32c2ccc(C)cc2)cc1. The number of rotatable bonds is 3. The Kier molecular flexibility index (Phi) is 19.5. The molecule has 5 heterocycles. The van der Waals surface area contributed by atoms with Crippen LogP contribution in [0.1, 0.15) is 172 Å². The number of hydrogen-bond donors (Lipinski definition) is 0. The molecule has 0 amide bonds. The predicted molar refractivity (Wildman–Crippen MR) is 478 cm³/mol. The first-order chi connectivity index (χ1) is 56.7. The summed E-state index contributed by atoms with van der Waals surface area (Å²) in [6.07, 6.45) is 24.3. The van der Waals surface area contributed by atoms with E-state index in [0.29, 0.717) is 0 Å². The molecule has 117 heavy (non-hydrogen) atoms. The Hall–Kier alpha value is -15.4. The van der Waals surface area contributed by atoms with Crippen molar-refractivity contribution in [2.24, 2.45) is 5.10 Å². The molecule has 0 fully saturated rings. The summed E-state index contributed by atoms with van der Waals surface area (Å²) in [7, 11) is 0. The van der Waals surface area contributed by atoms with Crippen molar-refractivity contribution in [3.8, 4) is 119 Å². The Morgan fingerprint density at radius 2 is 0.786 bits per heavy atom. The Morgan fingerprint density at radius 1 is 0.376 bits per heavy atom. The number of allylic oxidation sites excluding steroid dienone is 2. The van der Waals surface area contributed by atoms with Crippen molar-refractivity contribution in [3.63, 3.8) is 0 Å². The highest BCUT2D eigenvalue weighted by Crippen LogP contribution is 2.72. The van der Waals surface area contributed by atoms with E-state index in [1.807, 2.05) is 97.1 Å². The lowest BCUT2D eigenvalue weighted by Crippen LogP contribution is -2.59. The van der Waals surface area contributed by atoms with Gasteiger partial charge in [-0.2, -0.15) is 14.8 Å². The number of benzene rings is 12. The minimum atomic E-state index is -0.776. The summed E-state index contributed by atoms with van der Waals surface area (Å²) in [6.45, 7) is 14.3. The van der Waals surface area contributed by atoms with E-state index in [4.69, 9.17) is 46.4 Å². The highest BCUT2D eigenvalue weighted by atomic mass is 15.3. The molecular weight excluding hydrogens is 1420 g/mol. The van der Waals surface area contributed by atoms with E-state index in [0.717, 1.165) is 166 Å². The maximum absolute atomic E-state index is 5.65.